The van der Waals surface area contributed by atoms with Crippen LogP contribution >= 0.6 is 0 Å². The molecular weight excluding hydrogens is 346 g/mol. The minimum Gasteiger partial charge on any atom is -0.504 e. The van der Waals surface area contributed by atoms with Gasteiger partial charge in [0.15, 0.2) is 17.3 Å². The third-order valence-electron chi connectivity index (χ3n) is 5.34. The number of rotatable bonds is 3. The molecule has 1 N–H and O–H groups in total. The quantitative estimate of drug-likeness (QED) is 0.823. The Morgan fingerprint density at radius 1 is 1.26 bits per heavy atom. The Hall–Kier alpha value is -2.63. The summed E-state index contributed by atoms with van der Waals surface area (Å²) in [7, 11) is 2.77. The van der Waals surface area contributed by atoms with Gasteiger partial charge in [0.1, 0.15) is 5.92 Å². The molecule has 0 amide bonds. The van der Waals surface area contributed by atoms with E-state index in [2.05, 4.69) is 4.99 Å². The number of hydrogen-bond acceptors (Lipinski definition) is 6. The first-order chi connectivity index (χ1) is 12.7. The van der Waals surface area contributed by atoms with Crippen molar-refractivity contribution < 1.29 is 24.2 Å². The lowest BCUT2D eigenvalue weighted by atomic mass is 9.66. The van der Waals surface area contributed by atoms with Crippen LogP contribution in [-0.4, -0.2) is 36.8 Å². The number of benzene rings is 1. The lowest BCUT2D eigenvalue weighted by Gasteiger charge is -2.39. The maximum Gasteiger partial charge on any atom is 0.315 e. The highest BCUT2D eigenvalue weighted by molar-refractivity contribution is 6.09. The smallest absolute Gasteiger partial charge is 0.315 e. The summed E-state index contributed by atoms with van der Waals surface area (Å²) in [6.45, 7) is 5.83. The van der Waals surface area contributed by atoms with Crippen molar-refractivity contribution in [2.75, 3.05) is 14.2 Å². The second-order valence-corrected chi connectivity index (χ2v) is 7.93. The third kappa shape index (κ3) is 3.24. The number of methoxy groups -OCH3 is 2. The van der Waals surface area contributed by atoms with E-state index in [1.807, 2.05) is 13.8 Å². The number of para-hydroxylation sites is 1. The van der Waals surface area contributed by atoms with E-state index in [-0.39, 0.29) is 16.9 Å². The first-order valence-electron chi connectivity index (χ1n) is 8.95. The molecule has 144 valence electrons. The number of carbonyl (C=O) groups excluding carboxylic acids is 2. The van der Waals surface area contributed by atoms with Crippen LogP contribution in [0.4, 0.5) is 0 Å². The first-order valence-corrected chi connectivity index (χ1v) is 8.95. The van der Waals surface area contributed by atoms with Crippen molar-refractivity contribution in [1.82, 2.24) is 0 Å². The maximum atomic E-state index is 13.1. The Labute approximate surface area is 158 Å². The Morgan fingerprint density at radius 2 is 1.96 bits per heavy atom. The summed E-state index contributed by atoms with van der Waals surface area (Å²) in [5.41, 5.74) is 2.05. The average Bonchev–Trinajstić information content (AvgIpc) is 2.59. The van der Waals surface area contributed by atoms with Crippen molar-refractivity contribution in [1.29, 1.82) is 0 Å². The lowest BCUT2D eigenvalue weighted by Crippen LogP contribution is -2.39. The normalized spacial score (nSPS) is 24.2. The van der Waals surface area contributed by atoms with Crippen LogP contribution in [0.2, 0.25) is 0 Å². The highest BCUT2D eigenvalue weighted by Gasteiger charge is 2.46. The third-order valence-corrected chi connectivity index (χ3v) is 5.34. The number of phenolic OH excluding ortho intramolecular Hbond substituents is 1. The number of hydrogen-bond donors (Lipinski definition) is 1. The molecule has 3 rings (SSSR count). The Kier molecular flexibility index (Phi) is 4.84. The predicted octanol–water partition coefficient (Wildman–Crippen LogP) is 3.39. The van der Waals surface area contributed by atoms with Crippen molar-refractivity contribution >= 4 is 17.5 Å². The van der Waals surface area contributed by atoms with E-state index in [0.717, 1.165) is 0 Å². The predicted molar refractivity (Wildman–Crippen MR) is 101 cm³/mol. The molecule has 1 unspecified atom stereocenters. The number of phenols is 1. The number of allylic oxidation sites excluding steroid dienone is 2. The Morgan fingerprint density at radius 3 is 2.59 bits per heavy atom. The molecule has 27 heavy (non-hydrogen) atoms. The summed E-state index contributed by atoms with van der Waals surface area (Å²) in [5, 5.41) is 10.7. The van der Waals surface area contributed by atoms with Gasteiger partial charge in [-0.3, -0.25) is 14.6 Å². The number of nitrogens with zero attached hydrogens (tertiary/aromatic N) is 1. The van der Waals surface area contributed by atoms with Gasteiger partial charge in [-0.05, 0) is 24.8 Å². The van der Waals surface area contributed by atoms with Crippen molar-refractivity contribution in [3.63, 3.8) is 0 Å². The zero-order valence-electron chi connectivity index (χ0n) is 16.3. The molecule has 2 aliphatic rings. The van der Waals surface area contributed by atoms with Crippen molar-refractivity contribution in [3.8, 4) is 11.5 Å². The summed E-state index contributed by atoms with van der Waals surface area (Å²) < 4.78 is 10.2. The standard InChI is InChI=1S/C21H25NO5/c1-11-16(20(25)27-5)17(12-7-6-8-15(26-4)19(12)24)18-13(22-11)9-21(2,3)10-14(18)23/h6-8,16-17,24H,9-10H2,1-5H3/t16?,17-/m1/s1. The van der Waals surface area contributed by atoms with E-state index in [4.69, 9.17) is 9.47 Å². The van der Waals surface area contributed by atoms with Crippen LogP contribution in [0.25, 0.3) is 0 Å². The van der Waals surface area contributed by atoms with Gasteiger partial charge in [-0.1, -0.05) is 26.0 Å². The van der Waals surface area contributed by atoms with E-state index in [0.29, 0.717) is 41.1 Å². The molecule has 2 atom stereocenters. The van der Waals surface area contributed by atoms with Crippen LogP contribution in [0.3, 0.4) is 0 Å². The fraction of sp³-hybridized carbons (Fsp3) is 0.476. The van der Waals surface area contributed by atoms with Gasteiger partial charge in [0.05, 0.1) is 14.2 Å². The highest BCUT2D eigenvalue weighted by atomic mass is 16.5. The largest absolute Gasteiger partial charge is 0.504 e. The van der Waals surface area contributed by atoms with Gasteiger partial charge in [0.25, 0.3) is 0 Å². The second-order valence-electron chi connectivity index (χ2n) is 7.93. The number of esters is 1. The van der Waals surface area contributed by atoms with E-state index < -0.39 is 17.8 Å². The van der Waals surface area contributed by atoms with Crippen molar-refractivity contribution in [3.05, 3.63) is 35.0 Å². The molecule has 0 fully saturated rings. The number of aromatic hydroxyl groups is 1. The number of carbonyl (C=O) groups is 2. The Bertz CT molecular complexity index is 865. The van der Waals surface area contributed by atoms with Crippen LogP contribution in [0.5, 0.6) is 11.5 Å². The van der Waals surface area contributed by atoms with Crippen LogP contribution in [0.15, 0.2) is 34.5 Å². The van der Waals surface area contributed by atoms with E-state index in [1.54, 1.807) is 25.1 Å². The minimum atomic E-state index is -0.767. The lowest BCUT2D eigenvalue weighted by molar-refractivity contribution is -0.143. The molecule has 1 aliphatic heterocycles. The molecule has 1 aromatic carbocycles. The maximum absolute atomic E-state index is 13.1. The monoisotopic (exact) mass is 371 g/mol. The van der Waals surface area contributed by atoms with Gasteiger partial charge in [0, 0.05) is 34.9 Å². The number of aliphatic imine (C=N–C) groups is 1. The van der Waals surface area contributed by atoms with Crippen LogP contribution in [0, 0.1) is 11.3 Å². The van der Waals surface area contributed by atoms with Gasteiger partial charge in [-0.2, -0.15) is 0 Å². The Balaban J connectivity index is 2.25. The van der Waals surface area contributed by atoms with Gasteiger partial charge < -0.3 is 14.6 Å². The molecule has 0 spiro atoms. The van der Waals surface area contributed by atoms with Gasteiger partial charge in [-0.15, -0.1) is 0 Å². The summed E-state index contributed by atoms with van der Waals surface area (Å²) in [4.78, 5) is 30.3. The molecule has 0 saturated carbocycles. The SMILES string of the molecule is COC(=O)C1C(C)=NC2=C(C(=O)CC(C)(C)C2)[C@@H]1c1cccc(OC)c1O. The molecule has 1 aliphatic carbocycles. The number of ketones is 1. The van der Waals surface area contributed by atoms with Gasteiger partial charge >= 0.3 is 5.97 Å². The molecule has 0 radical (unpaired) electrons. The average molecular weight is 371 g/mol. The zero-order valence-corrected chi connectivity index (χ0v) is 16.3. The number of ether oxygens (including phenoxy) is 2. The van der Waals surface area contributed by atoms with Crippen molar-refractivity contribution in [2.24, 2.45) is 16.3 Å². The van der Waals surface area contributed by atoms with Gasteiger partial charge in [0.2, 0.25) is 0 Å². The zero-order chi connectivity index (χ0) is 19.9. The summed E-state index contributed by atoms with van der Waals surface area (Å²) >= 11 is 0. The topological polar surface area (TPSA) is 85.2 Å². The molecule has 1 heterocycles. The molecule has 1 aromatic rings. The summed E-state index contributed by atoms with van der Waals surface area (Å²) in [6, 6.07) is 5.09. The second kappa shape index (κ2) is 6.83. The van der Waals surface area contributed by atoms with E-state index >= 15 is 0 Å². The molecule has 6 heteroatoms. The van der Waals surface area contributed by atoms with Crippen molar-refractivity contribution in [2.45, 2.75) is 39.5 Å². The first kappa shape index (κ1) is 19.1. The van der Waals surface area contributed by atoms with E-state index in [9.17, 15) is 14.7 Å². The molecule has 6 nitrogen and oxygen atoms in total. The molecule has 0 aromatic heterocycles. The van der Waals surface area contributed by atoms with Crippen LogP contribution < -0.4 is 4.74 Å². The van der Waals surface area contributed by atoms with Crippen LogP contribution in [-0.2, 0) is 14.3 Å². The summed E-state index contributed by atoms with van der Waals surface area (Å²) in [6.07, 6.45) is 1.01. The summed E-state index contributed by atoms with van der Waals surface area (Å²) in [5.74, 6) is -1.72. The van der Waals surface area contributed by atoms with Gasteiger partial charge in [-0.25, -0.2) is 0 Å². The fourth-order valence-electron chi connectivity index (χ4n) is 4.17. The van der Waals surface area contributed by atoms with Crippen LogP contribution in [0.1, 0.15) is 45.1 Å². The number of Topliss-reactive ketones (excluding diaryl/α,β-unsaturated/α-hetero) is 1. The van der Waals surface area contributed by atoms with E-state index in [1.165, 1.54) is 14.2 Å². The molecule has 0 bridgehead atoms. The molecule has 0 saturated heterocycles. The molecular formula is C21H25NO5. The minimum absolute atomic E-state index is 0.0429. The fourth-order valence-corrected chi connectivity index (χ4v) is 4.17. The highest BCUT2D eigenvalue weighted by Crippen LogP contribution is 2.50.